The zero-order chi connectivity index (χ0) is 24.1. The third-order valence-electron chi connectivity index (χ3n) is 6.48. The first-order chi connectivity index (χ1) is 16.5. The highest BCUT2D eigenvalue weighted by atomic mass is 16.5. The zero-order valence-electron chi connectivity index (χ0n) is 20.2. The first-order valence-corrected chi connectivity index (χ1v) is 12.0. The average Bonchev–Trinajstić information content (AvgIpc) is 3.30. The molecule has 7 heteroatoms. The second-order valence-electron chi connectivity index (χ2n) is 8.98. The van der Waals surface area contributed by atoms with Crippen LogP contribution in [0.3, 0.4) is 0 Å². The fourth-order valence-corrected chi connectivity index (χ4v) is 4.76. The van der Waals surface area contributed by atoms with Crippen LogP contribution in [0.15, 0.2) is 53.6 Å². The van der Waals surface area contributed by atoms with Crippen molar-refractivity contribution in [1.29, 1.82) is 0 Å². The van der Waals surface area contributed by atoms with Gasteiger partial charge in [-0.3, -0.25) is 14.5 Å². The SMILES string of the molecule is CCOC(=O)[C@H]1CCCN(CC(=O)N2N=C(c3cccc(C)c3)C[C@@H]2c2cccc(OC)c2)C1. The summed E-state index contributed by atoms with van der Waals surface area (Å²) in [7, 11) is 1.64. The molecule has 0 saturated carbocycles. The van der Waals surface area contributed by atoms with Crippen LogP contribution < -0.4 is 4.74 Å². The molecular formula is C27H33N3O4. The highest BCUT2D eigenvalue weighted by molar-refractivity contribution is 6.03. The molecule has 2 aromatic carbocycles. The Labute approximate surface area is 201 Å². The topological polar surface area (TPSA) is 71.4 Å². The lowest BCUT2D eigenvalue weighted by Crippen LogP contribution is -2.44. The molecule has 1 amide bonds. The third-order valence-corrected chi connectivity index (χ3v) is 6.48. The molecule has 0 spiro atoms. The molecule has 0 aromatic heterocycles. The van der Waals surface area contributed by atoms with Crippen molar-refractivity contribution < 1.29 is 19.1 Å². The first-order valence-electron chi connectivity index (χ1n) is 12.0. The Morgan fingerprint density at radius 3 is 2.74 bits per heavy atom. The Bertz CT molecular complexity index is 1070. The van der Waals surface area contributed by atoms with Gasteiger partial charge in [-0.1, -0.05) is 42.0 Å². The van der Waals surface area contributed by atoms with Gasteiger partial charge in [0.25, 0.3) is 5.91 Å². The summed E-state index contributed by atoms with van der Waals surface area (Å²) in [6.07, 6.45) is 2.30. The van der Waals surface area contributed by atoms with E-state index in [-0.39, 0.29) is 30.4 Å². The van der Waals surface area contributed by atoms with E-state index in [1.807, 2.05) is 43.3 Å². The minimum atomic E-state index is -0.205. The van der Waals surface area contributed by atoms with Gasteiger partial charge in [0.1, 0.15) is 5.75 Å². The highest BCUT2D eigenvalue weighted by Crippen LogP contribution is 2.34. The van der Waals surface area contributed by atoms with E-state index in [4.69, 9.17) is 14.6 Å². The summed E-state index contributed by atoms with van der Waals surface area (Å²) in [5, 5.41) is 6.43. The van der Waals surface area contributed by atoms with Crippen LogP contribution in [-0.4, -0.2) is 60.8 Å². The summed E-state index contributed by atoms with van der Waals surface area (Å²) in [6, 6.07) is 15.8. The van der Waals surface area contributed by atoms with Crippen molar-refractivity contribution in [2.75, 3.05) is 33.4 Å². The number of hydrazone groups is 1. The molecular weight excluding hydrogens is 430 g/mol. The number of likely N-dealkylation sites (tertiary alicyclic amines) is 1. The van der Waals surface area contributed by atoms with Crippen LogP contribution >= 0.6 is 0 Å². The average molecular weight is 464 g/mol. The lowest BCUT2D eigenvalue weighted by atomic mass is 9.97. The zero-order valence-corrected chi connectivity index (χ0v) is 20.2. The van der Waals surface area contributed by atoms with E-state index in [0.29, 0.717) is 19.6 Å². The van der Waals surface area contributed by atoms with Crippen LogP contribution in [-0.2, 0) is 14.3 Å². The van der Waals surface area contributed by atoms with E-state index in [1.54, 1.807) is 12.1 Å². The van der Waals surface area contributed by atoms with E-state index in [9.17, 15) is 9.59 Å². The number of rotatable bonds is 7. The molecule has 1 saturated heterocycles. The fourth-order valence-electron chi connectivity index (χ4n) is 4.76. The normalized spacial score (nSPS) is 20.7. The molecule has 2 atom stereocenters. The molecule has 0 unspecified atom stereocenters. The summed E-state index contributed by atoms with van der Waals surface area (Å²) in [5.41, 5.74) is 4.07. The Morgan fingerprint density at radius 2 is 1.97 bits per heavy atom. The van der Waals surface area contributed by atoms with Gasteiger partial charge >= 0.3 is 5.97 Å². The molecule has 180 valence electrons. The Morgan fingerprint density at radius 1 is 1.15 bits per heavy atom. The summed E-state index contributed by atoms with van der Waals surface area (Å²) in [4.78, 5) is 27.8. The minimum Gasteiger partial charge on any atom is -0.497 e. The second-order valence-corrected chi connectivity index (χ2v) is 8.98. The van der Waals surface area contributed by atoms with Crippen molar-refractivity contribution in [2.24, 2.45) is 11.0 Å². The Hall–Kier alpha value is -3.19. The van der Waals surface area contributed by atoms with Crippen LogP contribution in [0.5, 0.6) is 5.75 Å². The molecule has 0 radical (unpaired) electrons. The van der Waals surface area contributed by atoms with E-state index in [2.05, 4.69) is 24.0 Å². The van der Waals surface area contributed by atoms with E-state index in [0.717, 1.165) is 47.5 Å². The number of esters is 1. The number of carbonyl (C=O) groups is 2. The Kier molecular flexibility index (Phi) is 7.63. The van der Waals surface area contributed by atoms with Gasteiger partial charge in [-0.15, -0.1) is 0 Å². The molecule has 2 aliphatic heterocycles. The molecule has 7 nitrogen and oxygen atoms in total. The van der Waals surface area contributed by atoms with Gasteiger partial charge in [-0.2, -0.15) is 5.10 Å². The van der Waals surface area contributed by atoms with Crippen molar-refractivity contribution >= 4 is 17.6 Å². The van der Waals surface area contributed by atoms with Gasteiger partial charge in [-0.05, 0) is 56.5 Å². The van der Waals surface area contributed by atoms with Gasteiger partial charge in [0.2, 0.25) is 0 Å². The van der Waals surface area contributed by atoms with Gasteiger partial charge in [-0.25, -0.2) is 5.01 Å². The molecule has 1 fully saturated rings. The van der Waals surface area contributed by atoms with Gasteiger partial charge in [0, 0.05) is 13.0 Å². The predicted molar refractivity (Wildman–Crippen MR) is 131 cm³/mol. The van der Waals surface area contributed by atoms with Gasteiger partial charge < -0.3 is 9.47 Å². The van der Waals surface area contributed by atoms with Crippen molar-refractivity contribution in [3.8, 4) is 5.75 Å². The number of hydrogen-bond donors (Lipinski definition) is 0. The van der Waals surface area contributed by atoms with Crippen LogP contribution in [0.25, 0.3) is 0 Å². The van der Waals surface area contributed by atoms with E-state index >= 15 is 0 Å². The summed E-state index contributed by atoms with van der Waals surface area (Å²) in [6.45, 7) is 5.79. The quantitative estimate of drug-likeness (QED) is 0.582. The number of nitrogens with zero attached hydrogens (tertiary/aromatic N) is 3. The molecule has 2 aromatic rings. The monoisotopic (exact) mass is 463 g/mol. The number of benzene rings is 2. The Balaban J connectivity index is 1.56. The molecule has 0 bridgehead atoms. The molecule has 2 aliphatic rings. The third kappa shape index (κ3) is 5.47. The van der Waals surface area contributed by atoms with Crippen LogP contribution in [0, 0.1) is 12.8 Å². The maximum Gasteiger partial charge on any atom is 0.310 e. The number of ether oxygens (including phenoxy) is 2. The maximum atomic E-state index is 13.5. The molecule has 34 heavy (non-hydrogen) atoms. The lowest BCUT2D eigenvalue weighted by molar-refractivity contribution is -0.150. The second kappa shape index (κ2) is 10.8. The van der Waals surface area contributed by atoms with E-state index in [1.165, 1.54) is 0 Å². The molecule has 0 aliphatic carbocycles. The number of amides is 1. The van der Waals surface area contributed by atoms with Crippen molar-refractivity contribution in [3.63, 3.8) is 0 Å². The standard InChI is InChI=1S/C27H33N3O4/c1-4-34-27(32)22-11-7-13-29(17-22)18-26(31)30-25(21-10-6-12-23(15-21)33-3)16-24(28-30)20-9-5-8-19(2)14-20/h5-6,8-10,12,14-15,22,25H,4,7,11,13,16-18H2,1-3H3/t22-,25+/m0/s1. The largest absolute Gasteiger partial charge is 0.497 e. The molecule has 2 heterocycles. The first kappa shape index (κ1) is 24.0. The van der Waals surface area contributed by atoms with Crippen LogP contribution in [0.1, 0.15) is 48.9 Å². The van der Waals surface area contributed by atoms with E-state index < -0.39 is 0 Å². The molecule has 0 N–H and O–H groups in total. The van der Waals surface area contributed by atoms with Crippen molar-refractivity contribution in [1.82, 2.24) is 9.91 Å². The highest BCUT2D eigenvalue weighted by Gasteiger charge is 2.35. The van der Waals surface area contributed by atoms with Crippen LogP contribution in [0.2, 0.25) is 0 Å². The summed E-state index contributed by atoms with van der Waals surface area (Å²) < 4.78 is 10.6. The summed E-state index contributed by atoms with van der Waals surface area (Å²) in [5.74, 6) is 0.331. The number of hydrogen-bond acceptors (Lipinski definition) is 6. The van der Waals surface area contributed by atoms with Crippen molar-refractivity contribution in [3.05, 3.63) is 65.2 Å². The fraction of sp³-hybridized carbons (Fsp3) is 0.444. The maximum absolute atomic E-state index is 13.5. The smallest absolute Gasteiger partial charge is 0.310 e. The van der Waals surface area contributed by atoms with Gasteiger partial charge in [0.05, 0.1) is 37.9 Å². The molecule has 4 rings (SSSR count). The van der Waals surface area contributed by atoms with Crippen molar-refractivity contribution in [2.45, 2.75) is 39.2 Å². The lowest BCUT2D eigenvalue weighted by Gasteiger charge is -2.32. The minimum absolute atomic E-state index is 0.0695. The predicted octanol–water partition coefficient (Wildman–Crippen LogP) is 3.96. The summed E-state index contributed by atoms with van der Waals surface area (Å²) >= 11 is 0. The van der Waals surface area contributed by atoms with Crippen LogP contribution in [0.4, 0.5) is 0 Å². The number of aryl methyl sites for hydroxylation is 1. The number of piperidine rings is 1. The number of methoxy groups -OCH3 is 1. The van der Waals surface area contributed by atoms with Gasteiger partial charge in [0.15, 0.2) is 0 Å². The number of carbonyl (C=O) groups excluding carboxylic acids is 2.